The van der Waals surface area contributed by atoms with E-state index in [-0.39, 0.29) is 25.2 Å². The van der Waals surface area contributed by atoms with Gasteiger partial charge in [-0.2, -0.15) is 13.8 Å². The molecule has 4 rings (SSSR count). The highest BCUT2D eigenvalue weighted by atomic mass is 19.2. The van der Waals surface area contributed by atoms with Crippen LogP contribution >= 0.6 is 0 Å². The number of aromatic nitrogens is 2. The number of ether oxygens (including phenoxy) is 2. The van der Waals surface area contributed by atoms with E-state index in [9.17, 15) is 22.4 Å². The Labute approximate surface area is 189 Å². The van der Waals surface area contributed by atoms with E-state index in [2.05, 4.69) is 10.1 Å². The Morgan fingerprint density at radius 3 is 2.12 bits per heavy atom. The second-order valence-electron chi connectivity index (χ2n) is 6.99. The quantitative estimate of drug-likeness (QED) is 0.301. The Morgan fingerprint density at radius 1 is 0.882 bits per heavy atom. The molecule has 2 N–H and O–H groups in total. The predicted octanol–water partition coefficient (Wildman–Crippen LogP) is 4.40. The van der Waals surface area contributed by atoms with Crippen molar-refractivity contribution in [3.8, 4) is 34.3 Å². The van der Waals surface area contributed by atoms with Crippen molar-refractivity contribution in [2.45, 2.75) is 6.61 Å². The Kier molecular flexibility index (Phi) is 6.44. The van der Waals surface area contributed by atoms with Gasteiger partial charge in [-0.15, -0.1) is 0 Å². The topological polar surface area (TPSA) is 100 Å². The number of rotatable bonds is 8. The number of benzene rings is 3. The molecule has 0 fully saturated rings. The molecule has 1 heterocycles. The van der Waals surface area contributed by atoms with Gasteiger partial charge in [0.05, 0.1) is 0 Å². The van der Waals surface area contributed by atoms with Gasteiger partial charge < -0.3 is 19.7 Å². The zero-order chi connectivity index (χ0) is 24.2. The first-order valence-electron chi connectivity index (χ1n) is 9.72. The van der Waals surface area contributed by atoms with E-state index in [0.29, 0.717) is 28.3 Å². The van der Waals surface area contributed by atoms with Gasteiger partial charge in [0.25, 0.3) is 11.8 Å². The van der Waals surface area contributed by atoms with Crippen molar-refractivity contribution in [2.24, 2.45) is 5.73 Å². The lowest BCUT2D eigenvalue weighted by Crippen LogP contribution is -2.19. The molecule has 0 bridgehead atoms. The maximum Gasteiger partial charge on any atom is 0.258 e. The largest absolute Gasteiger partial charge is 0.484 e. The second-order valence-corrected chi connectivity index (χ2v) is 6.99. The normalized spacial score (nSPS) is 10.8. The minimum absolute atomic E-state index is 0.108. The highest BCUT2D eigenvalue weighted by Gasteiger charge is 2.20. The lowest BCUT2D eigenvalue weighted by molar-refractivity contribution is -0.119. The van der Waals surface area contributed by atoms with Crippen molar-refractivity contribution in [1.29, 1.82) is 0 Å². The third kappa shape index (κ3) is 4.98. The summed E-state index contributed by atoms with van der Waals surface area (Å²) in [4.78, 5) is 15.1. The number of hydrogen-bond donors (Lipinski definition) is 1. The van der Waals surface area contributed by atoms with Crippen molar-refractivity contribution >= 4 is 5.91 Å². The number of primary amides is 1. The molecule has 0 atom stereocenters. The molecule has 0 aliphatic carbocycles. The van der Waals surface area contributed by atoms with Gasteiger partial charge in [0.1, 0.15) is 12.4 Å². The van der Waals surface area contributed by atoms with Crippen LogP contribution in [0.1, 0.15) is 5.56 Å². The molecular weight excluding hydrogens is 458 g/mol. The first kappa shape index (κ1) is 22.8. The molecule has 1 amide bonds. The minimum Gasteiger partial charge on any atom is -0.484 e. The van der Waals surface area contributed by atoms with Crippen molar-refractivity contribution < 1.29 is 36.4 Å². The maximum absolute atomic E-state index is 13.7. The summed E-state index contributed by atoms with van der Waals surface area (Å²) in [5, 5.41) is 3.92. The van der Waals surface area contributed by atoms with Crippen LogP contribution in [0, 0.1) is 23.3 Å². The molecule has 0 radical (unpaired) electrons. The van der Waals surface area contributed by atoms with Gasteiger partial charge in [-0.05, 0) is 42.0 Å². The van der Waals surface area contributed by atoms with E-state index in [1.165, 1.54) is 0 Å². The summed E-state index contributed by atoms with van der Waals surface area (Å²) in [6, 6.07) is 13.1. The molecule has 0 aliphatic rings. The fraction of sp³-hybridized carbons (Fsp3) is 0.0870. The van der Waals surface area contributed by atoms with Crippen LogP contribution < -0.4 is 15.2 Å². The summed E-state index contributed by atoms with van der Waals surface area (Å²) in [5.41, 5.74) is 6.70. The van der Waals surface area contributed by atoms with Gasteiger partial charge in [-0.1, -0.05) is 17.3 Å². The van der Waals surface area contributed by atoms with Crippen LogP contribution in [0.3, 0.4) is 0 Å². The molecule has 0 unspecified atom stereocenters. The Hall–Kier alpha value is -4.41. The SMILES string of the molecule is NC(=O)COc1ccc(-c2noc(-c3ccc(COc4c(F)c(F)cc(F)c4F)cc3)n2)cc1. The fourth-order valence-electron chi connectivity index (χ4n) is 2.89. The van der Waals surface area contributed by atoms with Gasteiger partial charge in [0.2, 0.25) is 17.5 Å². The predicted molar refractivity (Wildman–Crippen MR) is 110 cm³/mol. The number of amides is 1. The molecule has 0 saturated heterocycles. The van der Waals surface area contributed by atoms with E-state index in [4.69, 9.17) is 19.7 Å². The van der Waals surface area contributed by atoms with E-state index < -0.39 is 34.9 Å². The number of hydrogen-bond acceptors (Lipinski definition) is 6. The maximum atomic E-state index is 13.7. The van der Waals surface area contributed by atoms with E-state index in [0.717, 1.165) is 0 Å². The first-order valence-corrected chi connectivity index (χ1v) is 9.72. The van der Waals surface area contributed by atoms with E-state index >= 15 is 0 Å². The molecule has 0 saturated carbocycles. The average Bonchev–Trinajstić information content (AvgIpc) is 3.32. The number of nitrogens with two attached hydrogens (primary N) is 1. The molecule has 3 aromatic carbocycles. The minimum atomic E-state index is -1.61. The van der Waals surface area contributed by atoms with Gasteiger partial charge in [0, 0.05) is 17.2 Å². The van der Waals surface area contributed by atoms with Crippen LogP contribution in [-0.2, 0) is 11.4 Å². The molecule has 34 heavy (non-hydrogen) atoms. The third-order valence-corrected chi connectivity index (χ3v) is 4.58. The highest BCUT2D eigenvalue weighted by Crippen LogP contribution is 2.28. The summed E-state index contributed by atoms with van der Waals surface area (Å²) >= 11 is 0. The molecule has 174 valence electrons. The number of carbonyl (C=O) groups is 1. The van der Waals surface area contributed by atoms with Crippen molar-refractivity contribution in [2.75, 3.05) is 6.61 Å². The molecular formula is C23H15F4N3O4. The van der Waals surface area contributed by atoms with Gasteiger partial charge in [-0.25, -0.2) is 8.78 Å². The number of halogens is 4. The van der Waals surface area contributed by atoms with Crippen LogP contribution in [-0.4, -0.2) is 22.7 Å². The van der Waals surface area contributed by atoms with Gasteiger partial charge >= 0.3 is 0 Å². The lowest BCUT2D eigenvalue weighted by atomic mass is 10.1. The molecule has 7 nitrogen and oxygen atoms in total. The highest BCUT2D eigenvalue weighted by molar-refractivity contribution is 5.75. The molecule has 1 aromatic heterocycles. The Bertz CT molecular complexity index is 1300. The first-order chi connectivity index (χ1) is 16.3. The monoisotopic (exact) mass is 473 g/mol. The van der Waals surface area contributed by atoms with Crippen LogP contribution in [0.4, 0.5) is 17.6 Å². The van der Waals surface area contributed by atoms with E-state index in [1.54, 1.807) is 48.5 Å². The summed E-state index contributed by atoms with van der Waals surface area (Å²) in [6.07, 6.45) is 0. The smallest absolute Gasteiger partial charge is 0.258 e. The van der Waals surface area contributed by atoms with Gasteiger partial charge in [-0.3, -0.25) is 4.79 Å². The number of carbonyl (C=O) groups excluding carboxylic acids is 1. The summed E-state index contributed by atoms with van der Waals surface area (Å²) in [6.45, 7) is -0.577. The summed E-state index contributed by atoms with van der Waals surface area (Å²) < 4.78 is 69.4. The third-order valence-electron chi connectivity index (χ3n) is 4.58. The molecule has 0 aliphatic heterocycles. The molecule has 11 heteroatoms. The summed E-state index contributed by atoms with van der Waals surface area (Å²) in [7, 11) is 0. The lowest BCUT2D eigenvalue weighted by Gasteiger charge is -2.09. The van der Waals surface area contributed by atoms with Gasteiger partial charge in [0.15, 0.2) is 24.0 Å². The molecule has 0 spiro atoms. The van der Waals surface area contributed by atoms with E-state index in [1.807, 2.05) is 0 Å². The second kappa shape index (κ2) is 9.61. The summed E-state index contributed by atoms with van der Waals surface area (Å²) in [5.74, 6) is -7.08. The Balaban J connectivity index is 1.43. The number of nitrogens with zero attached hydrogens (tertiary/aromatic N) is 2. The van der Waals surface area contributed by atoms with Crippen LogP contribution in [0.5, 0.6) is 11.5 Å². The Morgan fingerprint density at radius 2 is 1.50 bits per heavy atom. The molecule has 4 aromatic rings. The average molecular weight is 473 g/mol. The van der Waals surface area contributed by atoms with Crippen molar-refractivity contribution in [1.82, 2.24) is 10.1 Å². The van der Waals surface area contributed by atoms with Crippen LogP contribution in [0.25, 0.3) is 22.8 Å². The standard InChI is InChI=1S/C23H15F4N3O4/c24-16-9-17(25)20(27)21(19(16)26)33-10-12-1-3-14(4-2-12)23-29-22(30-34-23)13-5-7-15(8-6-13)32-11-18(28)31/h1-9H,10-11H2,(H2,28,31). The van der Waals surface area contributed by atoms with Crippen LogP contribution in [0.15, 0.2) is 59.1 Å². The van der Waals surface area contributed by atoms with Crippen molar-refractivity contribution in [3.63, 3.8) is 0 Å². The zero-order valence-corrected chi connectivity index (χ0v) is 17.2. The fourth-order valence-corrected chi connectivity index (χ4v) is 2.89. The van der Waals surface area contributed by atoms with Crippen LogP contribution in [0.2, 0.25) is 0 Å². The van der Waals surface area contributed by atoms with Crippen molar-refractivity contribution in [3.05, 3.63) is 83.4 Å². The zero-order valence-electron chi connectivity index (χ0n) is 17.2.